The minimum Gasteiger partial charge on any atom is -0.480 e. The summed E-state index contributed by atoms with van der Waals surface area (Å²) in [7, 11) is 0. The standard InChI is InChI=1S/C7H12O4.Li/c1-4-11-6(10)7(2,3)5(8)9;/h4H2,1-3H3,(H,8,9);. The van der Waals surface area contributed by atoms with Crippen molar-refractivity contribution in [1.82, 2.24) is 0 Å². The largest absolute Gasteiger partial charge is 0.480 e. The number of rotatable bonds is 3. The van der Waals surface area contributed by atoms with Gasteiger partial charge in [-0.2, -0.15) is 0 Å². The van der Waals surface area contributed by atoms with Crippen LogP contribution in [0.2, 0.25) is 0 Å². The quantitative estimate of drug-likeness (QED) is 0.372. The van der Waals surface area contributed by atoms with Gasteiger partial charge in [0.2, 0.25) is 0 Å². The summed E-state index contributed by atoms with van der Waals surface area (Å²) in [4.78, 5) is 21.3. The Morgan fingerprint density at radius 2 is 1.83 bits per heavy atom. The van der Waals surface area contributed by atoms with Crippen LogP contribution < -0.4 is 0 Å². The van der Waals surface area contributed by atoms with Crippen LogP contribution in [0, 0.1) is 5.41 Å². The molecule has 0 fully saturated rings. The van der Waals surface area contributed by atoms with Gasteiger partial charge in [-0.1, -0.05) is 0 Å². The maximum absolute atomic E-state index is 10.9. The molecule has 0 bridgehead atoms. The molecule has 1 radical (unpaired) electrons. The second-order valence-electron chi connectivity index (χ2n) is 2.65. The second-order valence-corrected chi connectivity index (χ2v) is 2.65. The maximum atomic E-state index is 10.9. The smallest absolute Gasteiger partial charge is 0.322 e. The Morgan fingerprint density at radius 3 is 2.08 bits per heavy atom. The number of hydrogen-bond acceptors (Lipinski definition) is 3. The van der Waals surface area contributed by atoms with Gasteiger partial charge in [0.1, 0.15) is 0 Å². The first-order chi connectivity index (χ1) is 4.92. The van der Waals surface area contributed by atoms with Crippen LogP contribution in [0.1, 0.15) is 20.8 Å². The van der Waals surface area contributed by atoms with Crippen LogP contribution in [-0.4, -0.2) is 42.5 Å². The Kier molecular flexibility index (Phi) is 6.14. The molecular formula is C7H12LiO4. The second kappa shape index (κ2) is 5.23. The first-order valence-electron chi connectivity index (χ1n) is 3.33. The van der Waals surface area contributed by atoms with Crippen molar-refractivity contribution in [2.75, 3.05) is 6.61 Å². The summed E-state index contributed by atoms with van der Waals surface area (Å²) in [5.41, 5.74) is -1.43. The van der Waals surface area contributed by atoms with Crippen LogP contribution in [-0.2, 0) is 14.3 Å². The third-order valence-electron chi connectivity index (χ3n) is 1.32. The van der Waals surface area contributed by atoms with Gasteiger partial charge in [0.05, 0.1) is 6.61 Å². The molecule has 0 heterocycles. The number of carboxylic acids is 1. The molecule has 1 N–H and O–H groups in total. The van der Waals surface area contributed by atoms with E-state index in [4.69, 9.17) is 5.11 Å². The predicted molar refractivity (Wildman–Crippen MR) is 43.8 cm³/mol. The monoisotopic (exact) mass is 167 g/mol. The van der Waals surface area contributed by atoms with Crippen LogP contribution in [0.15, 0.2) is 0 Å². The van der Waals surface area contributed by atoms with E-state index in [0.717, 1.165) is 0 Å². The minimum atomic E-state index is -1.43. The summed E-state index contributed by atoms with van der Waals surface area (Å²) in [5, 5.41) is 8.54. The third kappa shape index (κ3) is 3.29. The molecule has 0 rings (SSSR count). The number of esters is 1. The van der Waals surface area contributed by atoms with Crippen molar-refractivity contribution in [3.63, 3.8) is 0 Å². The molecule has 0 atom stereocenters. The van der Waals surface area contributed by atoms with E-state index in [-0.39, 0.29) is 25.5 Å². The van der Waals surface area contributed by atoms with Crippen molar-refractivity contribution in [1.29, 1.82) is 0 Å². The Balaban J connectivity index is 0. The summed E-state index contributed by atoms with van der Waals surface area (Å²) in [5.74, 6) is -1.87. The molecule has 0 amide bonds. The number of carbonyl (C=O) groups is 2. The van der Waals surface area contributed by atoms with Crippen LogP contribution >= 0.6 is 0 Å². The summed E-state index contributed by atoms with van der Waals surface area (Å²) in [6, 6.07) is 0. The molecule has 0 aromatic rings. The van der Waals surface area contributed by atoms with Crippen LogP contribution in [0.3, 0.4) is 0 Å². The fourth-order valence-corrected chi connectivity index (χ4v) is 0.399. The maximum Gasteiger partial charge on any atom is 0.322 e. The summed E-state index contributed by atoms with van der Waals surface area (Å²) in [6.07, 6.45) is 0. The van der Waals surface area contributed by atoms with Crippen LogP contribution in [0.4, 0.5) is 0 Å². The number of carboxylic acid groups (broad SMARTS) is 1. The zero-order valence-corrected chi connectivity index (χ0v) is 7.88. The molecular weight excluding hydrogens is 155 g/mol. The van der Waals surface area contributed by atoms with E-state index in [1.807, 2.05) is 0 Å². The van der Waals surface area contributed by atoms with Gasteiger partial charge in [0.15, 0.2) is 5.41 Å². The molecule has 0 unspecified atom stereocenters. The van der Waals surface area contributed by atoms with Gasteiger partial charge in [-0.05, 0) is 20.8 Å². The molecule has 0 saturated heterocycles. The third-order valence-corrected chi connectivity index (χ3v) is 1.32. The molecule has 0 aliphatic carbocycles. The van der Waals surface area contributed by atoms with Gasteiger partial charge in [-0.3, -0.25) is 9.59 Å². The van der Waals surface area contributed by atoms with E-state index >= 15 is 0 Å². The fourth-order valence-electron chi connectivity index (χ4n) is 0.399. The Hall–Kier alpha value is -0.463. The zero-order chi connectivity index (χ0) is 9.07. The molecule has 65 valence electrons. The van der Waals surface area contributed by atoms with Crippen LogP contribution in [0.5, 0.6) is 0 Å². The van der Waals surface area contributed by atoms with Crippen molar-refractivity contribution in [2.45, 2.75) is 20.8 Å². The van der Waals surface area contributed by atoms with Gasteiger partial charge < -0.3 is 9.84 Å². The van der Waals surface area contributed by atoms with Gasteiger partial charge in [-0.25, -0.2) is 0 Å². The first kappa shape index (κ1) is 14.1. The average molecular weight is 167 g/mol. The minimum absolute atomic E-state index is 0. The molecule has 0 aliphatic rings. The van der Waals surface area contributed by atoms with E-state index in [1.165, 1.54) is 13.8 Å². The Morgan fingerprint density at radius 1 is 1.42 bits per heavy atom. The zero-order valence-electron chi connectivity index (χ0n) is 7.88. The SMILES string of the molecule is CCOC(=O)C(C)(C)C(=O)O.[Li]. The van der Waals surface area contributed by atoms with E-state index in [1.54, 1.807) is 6.92 Å². The molecule has 0 saturated carbocycles. The number of carbonyl (C=O) groups excluding carboxylic acids is 1. The van der Waals surface area contributed by atoms with Gasteiger partial charge in [0.25, 0.3) is 0 Å². The predicted octanol–water partition coefficient (Wildman–Crippen LogP) is 0.279. The average Bonchev–Trinajstić information content (AvgIpc) is 1.88. The normalized spacial score (nSPS) is 9.92. The van der Waals surface area contributed by atoms with Crippen LogP contribution in [0.25, 0.3) is 0 Å². The van der Waals surface area contributed by atoms with Crippen molar-refractivity contribution in [2.24, 2.45) is 5.41 Å². The summed E-state index contributed by atoms with van der Waals surface area (Å²) >= 11 is 0. The van der Waals surface area contributed by atoms with Crippen molar-refractivity contribution < 1.29 is 19.4 Å². The van der Waals surface area contributed by atoms with Gasteiger partial charge >= 0.3 is 11.9 Å². The first-order valence-corrected chi connectivity index (χ1v) is 3.33. The van der Waals surface area contributed by atoms with Crippen molar-refractivity contribution >= 4 is 30.8 Å². The number of ether oxygens (including phenoxy) is 1. The summed E-state index contributed by atoms with van der Waals surface area (Å²) in [6.45, 7) is 4.46. The molecule has 4 nitrogen and oxygen atoms in total. The van der Waals surface area contributed by atoms with Gasteiger partial charge in [0, 0.05) is 18.9 Å². The van der Waals surface area contributed by atoms with E-state index in [9.17, 15) is 9.59 Å². The molecule has 0 aromatic carbocycles. The van der Waals surface area contributed by atoms with E-state index in [0.29, 0.717) is 0 Å². The Bertz CT molecular complexity index is 176. The molecule has 0 spiro atoms. The van der Waals surface area contributed by atoms with Crippen molar-refractivity contribution in [3.05, 3.63) is 0 Å². The molecule has 12 heavy (non-hydrogen) atoms. The van der Waals surface area contributed by atoms with Crippen molar-refractivity contribution in [3.8, 4) is 0 Å². The van der Waals surface area contributed by atoms with E-state index in [2.05, 4.69) is 4.74 Å². The van der Waals surface area contributed by atoms with E-state index < -0.39 is 17.4 Å². The molecule has 0 aliphatic heterocycles. The van der Waals surface area contributed by atoms with Gasteiger partial charge in [-0.15, -0.1) is 0 Å². The molecule has 5 heteroatoms. The Labute approximate surface area is 83.5 Å². The summed E-state index contributed by atoms with van der Waals surface area (Å²) < 4.78 is 4.55. The topological polar surface area (TPSA) is 63.6 Å². The molecule has 0 aromatic heterocycles. The number of hydrogen-bond donors (Lipinski definition) is 1. The fraction of sp³-hybridized carbons (Fsp3) is 0.714. The number of aliphatic carboxylic acids is 1.